The predicted molar refractivity (Wildman–Crippen MR) is 123 cm³/mol. The zero-order valence-electron chi connectivity index (χ0n) is 18.8. The van der Waals surface area contributed by atoms with E-state index in [2.05, 4.69) is 65.2 Å². The Morgan fingerprint density at radius 3 is 2.47 bits per heavy atom. The first kappa shape index (κ1) is 24.3. The Labute approximate surface area is 185 Å². The summed E-state index contributed by atoms with van der Waals surface area (Å²) in [5.74, 6) is 0.510. The van der Waals surface area contributed by atoms with E-state index in [-0.39, 0.29) is 24.5 Å². The summed E-state index contributed by atoms with van der Waals surface area (Å²) in [6.45, 7) is 12.0. The number of nitrogens with zero attached hydrogens (tertiary/aromatic N) is 5. The van der Waals surface area contributed by atoms with E-state index >= 15 is 0 Å². The van der Waals surface area contributed by atoms with Crippen LogP contribution in [0.2, 0.25) is 0 Å². The Morgan fingerprint density at radius 2 is 1.83 bits per heavy atom. The molecule has 1 unspecified atom stereocenters. The Morgan fingerprint density at radius 1 is 1.17 bits per heavy atom. The molecular formula is C21H36ClN7O. The number of carbonyl (C=O) groups is 1. The molecular weight excluding hydrogens is 402 g/mol. The monoisotopic (exact) mass is 437 g/mol. The van der Waals surface area contributed by atoms with Crippen LogP contribution in [0.15, 0.2) is 12.5 Å². The summed E-state index contributed by atoms with van der Waals surface area (Å²) in [5, 5.41) is 11.2. The smallest absolute Gasteiger partial charge is 0.320 e. The SMILES string of the molecule is CC(C)N(C(C)C)C(C)CCn1ncc2c(NC(=O)NC3CCCC3)ncnc21.Cl. The molecule has 1 aliphatic rings. The number of aryl methyl sites for hydroxylation is 1. The average molecular weight is 438 g/mol. The molecule has 1 fully saturated rings. The van der Waals surface area contributed by atoms with Gasteiger partial charge in [0.2, 0.25) is 0 Å². The van der Waals surface area contributed by atoms with Gasteiger partial charge in [0.1, 0.15) is 12.1 Å². The Kier molecular flexibility index (Phi) is 8.85. The molecule has 2 heterocycles. The first-order chi connectivity index (χ1) is 13.9. The number of aromatic nitrogens is 4. The van der Waals surface area contributed by atoms with E-state index in [1.54, 1.807) is 6.20 Å². The van der Waals surface area contributed by atoms with E-state index in [4.69, 9.17) is 0 Å². The van der Waals surface area contributed by atoms with E-state index in [1.165, 1.54) is 19.2 Å². The third-order valence-electron chi connectivity index (χ3n) is 5.82. The minimum absolute atomic E-state index is 0. The van der Waals surface area contributed by atoms with E-state index in [9.17, 15) is 4.79 Å². The highest BCUT2D eigenvalue weighted by atomic mass is 35.5. The summed E-state index contributed by atoms with van der Waals surface area (Å²) >= 11 is 0. The van der Waals surface area contributed by atoms with E-state index < -0.39 is 0 Å². The minimum Gasteiger partial charge on any atom is -0.335 e. The second-order valence-corrected chi connectivity index (χ2v) is 8.68. The van der Waals surface area contributed by atoms with Crippen molar-refractivity contribution < 1.29 is 4.79 Å². The molecule has 0 saturated heterocycles. The summed E-state index contributed by atoms with van der Waals surface area (Å²) in [6, 6.07) is 1.49. The van der Waals surface area contributed by atoms with Gasteiger partial charge in [-0.05, 0) is 53.9 Å². The van der Waals surface area contributed by atoms with Gasteiger partial charge in [0, 0.05) is 30.7 Å². The zero-order valence-corrected chi connectivity index (χ0v) is 19.6. The van der Waals surface area contributed by atoms with Crippen LogP contribution in [0.3, 0.4) is 0 Å². The number of anilines is 1. The van der Waals surface area contributed by atoms with Crippen molar-refractivity contribution in [3.8, 4) is 0 Å². The summed E-state index contributed by atoms with van der Waals surface area (Å²) in [7, 11) is 0. The molecule has 1 saturated carbocycles. The number of urea groups is 1. The van der Waals surface area contributed by atoms with Gasteiger partial charge >= 0.3 is 6.03 Å². The quantitative estimate of drug-likeness (QED) is 0.645. The highest BCUT2D eigenvalue weighted by molar-refractivity contribution is 5.97. The third kappa shape index (κ3) is 5.82. The maximum absolute atomic E-state index is 12.3. The van der Waals surface area contributed by atoms with Gasteiger partial charge in [0.25, 0.3) is 0 Å². The fourth-order valence-electron chi connectivity index (χ4n) is 4.63. The highest BCUT2D eigenvalue weighted by Crippen LogP contribution is 2.21. The third-order valence-corrected chi connectivity index (χ3v) is 5.82. The fourth-order valence-corrected chi connectivity index (χ4v) is 4.63. The lowest BCUT2D eigenvalue weighted by Gasteiger charge is -2.36. The van der Waals surface area contributed by atoms with Crippen molar-refractivity contribution in [3.63, 3.8) is 0 Å². The molecule has 0 aliphatic heterocycles. The molecule has 8 nitrogen and oxygen atoms in total. The number of carbonyl (C=O) groups excluding carboxylic acids is 1. The summed E-state index contributed by atoms with van der Waals surface area (Å²) in [6.07, 6.45) is 8.66. The van der Waals surface area contributed by atoms with Gasteiger partial charge in [-0.2, -0.15) is 5.10 Å². The summed E-state index contributed by atoms with van der Waals surface area (Å²) in [4.78, 5) is 23.5. The predicted octanol–water partition coefficient (Wildman–Crippen LogP) is 4.21. The fraction of sp³-hybridized carbons (Fsp3) is 0.714. The minimum atomic E-state index is -0.206. The topological polar surface area (TPSA) is 88.0 Å². The van der Waals surface area contributed by atoms with Crippen LogP contribution >= 0.6 is 12.4 Å². The van der Waals surface area contributed by atoms with Crippen molar-refractivity contribution in [1.29, 1.82) is 0 Å². The first-order valence-electron chi connectivity index (χ1n) is 10.9. The van der Waals surface area contributed by atoms with Gasteiger partial charge in [-0.15, -0.1) is 12.4 Å². The first-order valence-corrected chi connectivity index (χ1v) is 10.9. The Bertz CT molecular complexity index is 809. The van der Waals surface area contributed by atoms with Crippen LogP contribution in [0.1, 0.15) is 66.7 Å². The maximum atomic E-state index is 12.3. The molecule has 0 bridgehead atoms. The lowest BCUT2D eigenvalue weighted by molar-refractivity contribution is 0.113. The van der Waals surface area contributed by atoms with Gasteiger partial charge in [0.05, 0.1) is 11.6 Å². The molecule has 30 heavy (non-hydrogen) atoms. The van der Waals surface area contributed by atoms with Crippen LogP contribution in [0, 0.1) is 0 Å². The van der Waals surface area contributed by atoms with Gasteiger partial charge < -0.3 is 5.32 Å². The summed E-state index contributed by atoms with van der Waals surface area (Å²) in [5.41, 5.74) is 0.754. The molecule has 1 atom stereocenters. The lowest BCUT2D eigenvalue weighted by atomic mass is 10.1. The number of fused-ring (bicyclic) bond motifs is 1. The van der Waals surface area contributed by atoms with Gasteiger partial charge in [-0.3, -0.25) is 10.2 Å². The van der Waals surface area contributed by atoms with E-state index in [0.717, 1.165) is 36.8 Å². The van der Waals surface area contributed by atoms with Crippen molar-refractivity contribution >= 4 is 35.3 Å². The van der Waals surface area contributed by atoms with Crippen molar-refractivity contribution in [2.24, 2.45) is 0 Å². The van der Waals surface area contributed by atoms with E-state index in [0.29, 0.717) is 23.9 Å². The van der Waals surface area contributed by atoms with Crippen molar-refractivity contribution in [2.45, 2.75) is 97.4 Å². The number of halogens is 1. The molecule has 0 spiro atoms. The largest absolute Gasteiger partial charge is 0.335 e. The van der Waals surface area contributed by atoms with Crippen molar-refractivity contribution in [1.82, 2.24) is 30.0 Å². The van der Waals surface area contributed by atoms with Crippen molar-refractivity contribution in [3.05, 3.63) is 12.5 Å². The van der Waals surface area contributed by atoms with Crippen LogP contribution in [-0.2, 0) is 6.54 Å². The second kappa shape index (κ2) is 10.9. The van der Waals surface area contributed by atoms with Crippen LogP contribution in [-0.4, -0.2) is 54.8 Å². The summed E-state index contributed by atoms with van der Waals surface area (Å²) < 4.78 is 1.91. The molecule has 3 rings (SSSR count). The van der Waals surface area contributed by atoms with Crippen LogP contribution < -0.4 is 10.6 Å². The van der Waals surface area contributed by atoms with Crippen LogP contribution in [0.25, 0.3) is 11.0 Å². The lowest BCUT2D eigenvalue weighted by Crippen LogP contribution is -2.44. The average Bonchev–Trinajstić information content (AvgIpc) is 3.29. The van der Waals surface area contributed by atoms with Crippen LogP contribution in [0.4, 0.5) is 10.6 Å². The normalized spacial score (nSPS) is 15.7. The molecule has 2 aromatic heterocycles. The highest BCUT2D eigenvalue weighted by Gasteiger charge is 2.21. The molecule has 1 aliphatic carbocycles. The molecule has 2 N–H and O–H groups in total. The van der Waals surface area contributed by atoms with Gasteiger partial charge in [-0.25, -0.2) is 19.4 Å². The van der Waals surface area contributed by atoms with Crippen LogP contribution in [0.5, 0.6) is 0 Å². The van der Waals surface area contributed by atoms with Gasteiger partial charge in [0.15, 0.2) is 5.65 Å². The molecule has 168 valence electrons. The number of hydrogen-bond donors (Lipinski definition) is 2. The number of hydrogen-bond acceptors (Lipinski definition) is 5. The molecule has 0 radical (unpaired) electrons. The number of amides is 2. The Balaban J connectivity index is 0.00000320. The van der Waals surface area contributed by atoms with Crippen molar-refractivity contribution in [2.75, 3.05) is 5.32 Å². The molecule has 2 aromatic rings. The standard InChI is InChI=1S/C21H35N7O.ClH/c1-14(2)28(15(3)4)16(5)10-11-27-20-18(12-24-27)19(22-13-23-20)26-21(29)25-17-8-6-7-9-17;/h12-17H,6-11H2,1-5H3,(H2,22,23,25,26,29);1H. The zero-order chi connectivity index (χ0) is 21.0. The van der Waals surface area contributed by atoms with E-state index in [1.807, 2.05) is 4.68 Å². The molecule has 9 heteroatoms. The second-order valence-electron chi connectivity index (χ2n) is 8.68. The molecule has 2 amide bonds. The maximum Gasteiger partial charge on any atom is 0.320 e. The molecule has 0 aromatic carbocycles. The van der Waals surface area contributed by atoms with Gasteiger partial charge in [-0.1, -0.05) is 12.8 Å². The Hall–Kier alpha value is -1.93. The number of nitrogens with one attached hydrogen (secondary N) is 2. The number of rotatable bonds is 8.